The second kappa shape index (κ2) is 9.61. The Morgan fingerprint density at radius 2 is 2.04 bits per heavy atom. The Labute approximate surface area is 178 Å². The largest absolute Gasteiger partial charge is 0.390 e. The summed E-state index contributed by atoms with van der Waals surface area (Å²) in [6.07, 6.45) is 0.300. The third-order valence-electron chi connectivity index (χ3n) is 4.29. The summed E-state index contributed by atoms with van der Waals surface area (Å²) in [7, 11) is 1.49. The van der Waals surface area contributed by atoms with Crippen molar-refractivity contribution < 1.29 is 14.4 Å². The van der Waals surface area contributed by atoms with Crippen LogP contribution >= 0.6 is 34.8 Å². The van der Waals surface area contributed by atoms with Gasteiger partial charge >= 0.3 is 0 Å². The normalized spacial score (nSPS) is 15.9. The van der Waals surface area contributed by atoms with Gasteiger partial charge in [0.15, 0.2) is 6.10 Å². The Hall–Kier alpha value is -1.79. The van der Waals surface area contributed by atoms with Crippen LogP contribution in [0.25, 0.3) is 0 Å². The summed E-state index contributed by atoms with van der Waals surface area (Å²) in [6, 6.07) is 12.7. The van der Waals surface area contributed by atoms with Crippen molar-refractivity contribution in [3.63, 3.8) is 0 Å². The predicted octanol–water partition coefficient (Wildman–Crippen LogP) is 4.82. The molecule has 0 N–H and O–H groups in total. The molecule has 2 aromatic carbocycles. The molecule has 148 valence electrons. The first-order valence-corrected chi connectivity index (χ1v) is 9.79. The Balaban J connectivity index is 1.67. The van der Waals surface area contributed by atoms with Crippen LogP contribution in [-0.4, -0.2) is 42.9 Å². The number of amides is 1. The molecule has 8 heteroatoms. The summed E-state index contributed by atoms with van der Waals surface area (Å²) < 4.78 is 5.01. The van der Waals surface area contributed by atoms with Gasteiger partial charge < -0.3 is 14.5 Å². The van der Waals surface area contributed by atoms with Crippen molar-refractivity contribution >= 4 is 46.4 Å². The second-order valence-corrected chi connectivity index (χ2v) is 7.69. The fraction of sp³-hybridized carbons (Fsp3) is 0.300. The van der Waals surface area contributed by atoms with Crippen LogP contribution in [0.5, 0.6) is 0 Å². The Morgan fingerprint density at radius 1 is 1.21 bits per heavy atom. The Bertz CT molecular complexity index is 889. The highest BCUT2D eigenvalue weighted by atomic mass is 35.5. The van der Waals surface area contributed by atoms with E-state index in [0.29, 0.717) is 34.6 Å². The van der Waals surface area contributed by atoms with E-state index in [2.05, 4.69) is 5.16 Å². The van der Waals surface area contributed by atoms with Crippen LogP contribution in [0, 0.1) is 0 Å². The van der Waals surface area contributed by atoms with E-state index in [1.54, 1.807) is 23.1 Å². The van der Waals surface area contributed by atoms with Gasteiger partial charge in [0.05, 0.1) is 22.3 Å². The van der Waals surface area contributed by atoms with E-state index in [1.807, 2.05) is 24.3 Å². The first kappa shape index (κ1) is 20.9. The second-order valence-electron chi connectivity index (χ2n) is 6.44. The van der Waals surface area contributed by atoms with Crippen LogP contribution in [0.2, 0.25) is 15.1 Å². The minimum Gasteiger partial charge on any atom is -0.390 e. The van der Waals surface area contributed by atoms with E-state index in [-0.39, 0.29) is 18.6 Å². The number of carbonyl (C=O) groups excluding carboxylic acids is 1. The van der Waals surface area contributed by atoms with Gasteiger partial charge in [-0.2, -0.15) is 0 Å². The maximum absolute atomic E-state index is 12.5. The minimum atomic E-state index is -0.260. The van der Waals surface area contributed by atoms with E-state index < -0.39 is 0 Å². The summed E-state index contributed by atoms with van der Waals surface area (Å²) >= 11 is 18.1. The number of nitrogens with zero attached hydrogens (tertiary/aromatic N) is 2. The van der Waals surface area contributed by atoms with Gasteiger partial charge in [-0.1, -0.05) is 58.2 Å². The number of ether oxygens (including phenoxy) is 1. The van der Waals surface area contributed by atoms with Gasteiger partial charge in [0.1, 0.15) is 6.61 Å². The number of hydrogen-bond acceptors (Lipinski definition) is 4. The average molecular weight is 442 g/mol. The fourth-order valence-electron chi connectivity index (χ4n) is 2.94. The van der Waals surface area contributed by atoms with Crippen molar-refractivity contribution in [1.29, 1.82) is 0 Å². The van der Waals surface area contributed by atoms with Crippen LogP contribution in [0.4, 0.5) is 0 Å². The molecule has 0 saturated carbocycles. The quantitative estimate of drug-likeness (QED) is 0.619. The summed E-state index contributed by atoms with van der Waals surface area (Å²) in [4.78, 5) is 19.7. The standard InChI is InChI=1S/C20H19Cl3N2O3/c1-27-12-20(26)25(10-13-3-2-4-15(21)7-13)11-16-9-19(24-28-16)14-5-6-17(22)18(23)8-14/h2-8,16H,9-12H2,1H3/t16-/m1/s1. The molecule has 1 aliphatic heterocycles. The van der Waals surface area contributed by atoms with E-state index in [0.717, 1.165) is 16.8 Å². The topological polar surface area (TPSA) is 51.1 Å². The third kappa shape index (κ3) is 5.39. The number of oxime groups is 1. The van der Waals surface area contributed by atoms with Crippen LogP contribution in [0.3, 0.4) is 0 Å². The molecule has 0 aromatic heterocycles. The zero-order valence-electron chi connectivity index (χ0n) is 15.2. The van der Waals surface area contributed by atoms with E-state index >= 15 is 0 Å². The molecule has 0 spiro atoms. The predicted molar refractivity (Wildman–Crippen MR) is 111 cm³/mol. The summed E-state index contributed by atoms with van der Waals surface area (Å²) in [5.41, 5.74) is 2.55. The van der Waals surface area contributed by atoms with Crippen molar-refractivity contribution in [3.05, 3.63) is 68.7 Å². The van der Waals surface area contributed by atoms with Gasteiger partial charge in [-0.15, -0.1) is 0 Å². The lowest BCUT2D eigenvalue weighted by Crippen LogP contribution is -2.39. The maximum atomic E-state index is 12.5. The molecular formula is C20H19Cl3N2O3. The number of carbonyl (C=O) groups is 1. The molecule has 1 heterocycles. The molecule has 5 nitrogen and oxygen atoms in total. The molecule has 28 heavy (non-hydrogen) atoms. The summed E-state index contributed by atoms with van der Waals surface area (Å²) in [5, 5.41) is 5.73. The number of methoxy groups -OCH3 is 1. The van der Waals surface area contributed by atoms with Crippen molar-refractivity contribution in [1.82, 2.24) is 4.90 Å². The molecule has 0 radical (unpaired) electrons. The highest BCUT2D eigenvalue weighted by molar-refractivity contribution is 6.42. The van der Waals surface area contributed by atoms with E-state index in [1.165, 1.54) is 7.11 Å². The van der Waals surface area contributed by atoms with Gasteiger partial charge in [-0.05, 0) is 29.8 Å². The zero-order valence-corrected chi connectivity index (χ0v) is 17.5. The first-order valence-electron chi connectivity index (χ1n) is 8.65. The highest BCUT2D eigenvalue weighted by Crippen LogP contribution is 2.26. The minimum absolute atomic E-state index is 0.00616. The molecule has 1 aliphatic rings. The van der Waals surface area contributed by atoms with Crippen LogP contribution in [-0.2, 0) is 20.9 Å². The van der Waals surface area contributed by atoms with Crippen LogP contribution in [0.1, 0.15) is 17.5 Å². The molecule has 1 amide bonds. The molecule has 1 atom stereocenters. The monoisotopic (exact) mass is 440 g/mol. The number of rotatable bonds is 7. The van der Waals surface area contributed by atoms with Crippen molar-refractivity contribution in [2.45, 2.75) is 19.1 Å². The van der Waals surface area contributed by atoms with Crippen molar-refractivity contribution in [2.24, 2.45) is 5.16 Å². The van der Waals surface area contributed by atoms with Crippen LogP contribution in [0.15, 0.2) is 47.6 Å². The van der Waals surface area contributed by atoms with Gasteiger partial charge in [0.2, 0.25) is 5.91 Å². The van der Waals surface area contributed by atoms with Crippen molar-refractivity contribution in [3.8, 4) is 0 Å². The van der Waals surface area contributed by atoms with Crippen LogP contribution < -0.4 is 0 Å². The SMILES string of the molecule is COCC(=O)N(Cc1cccc(Cl)c1)C[C@H]1CC(c2ccc(Cl)c(Cl)c2)=NO1. The van der Waals surface area contributed by atoms with E-state index in [9.17, 15) is 4.79 Å². The molecule has 0 bridgehead atoms. The molecular weight excluding hydrogens is 423 g/mol. The lowest BCUT2D eigenvalue weighted by atomic mass is 10.0. The Kier molecular flexibility index (Phi) is 7.18. The molecule has 3 rings (SSSR count). The zero-order chi connectivity index (χ0) is 20.1. The molecule has 0 fully saturated rings. The number of halogens is 3. The summed E-state index contributed by atoms with van der Waals surface area (Å²) in [5.74, 6) is -0.130. The number of benzene rings is 2. The lowest BCUT2D eigenvalue weighted by molar-refractivity contribution is -0.137. The smallest absolute Gasteiger partial charge is 0.248 e. The highest BCUT2D eigenvalue weighted by Gasteiger charge is 2.27. The molecule has 0 aliphatic carbocycles. The van der Waals surface area contributed by atoms with Gasteiger partial charge in [-0.3, -0.25) is 4.79 Å². The average Bonchev–Trinajstić information content (AvgIpc) is 3.12. The summed E-state index contributed by atoms with van der Waals surface area (Å²) in [6.45, 7) is 0.779. The first-order chi connectivity index (χ1) is 13.5. The molecule has 2 aromatic rings. The molecule has 0 saturated heterocycles. The van der Waals surface area contributed by atoms with Gasteiger partial charge in [-0.25, -0.2) is 0 Å². The van der Waals surface area contributed by atoms with Crippen molar-refractivity contribution in [2.75, 3.05) is 20.3 Å². The molecule has 0 unspecified atom stereocenters. The lowest BCUT2D eigenvalue weighted by Gasteiger charge is -2.25. The van der Waals surface area contributed by atoms with E-state index in [4.69, 9.17) is 44.4 Å². The van der Waals surface area contributed by atoms with Gasteiger partial charge in [0, 0.05) is 30.7 Å². The Morgan fingerprint density at radius 3 is 2.75 bits per heavy atom. The number of hydrogen-bond donors (Lipinski definition) is 0. The van der Waals surface area contributed by atoms with Gasteiger partial charge in [0.25, 0.3) is 0 Å². The fourth-order valence-corrected chi connectivity index (χ4v) is 3.45. The maximum Gasteiger partial charge on any atom is 0.248 e. The third-order valence-corrected chi connectivity index (χ3v) is 5.27.